The molecule has 4 rings (SSSR count). The first kappa shape index (κ1) is 19.2. The van der Waals surface area contributed by atoms with Gasteiger partial charge in [-0.3, -0.25) is 4.79 Å². The summed E-state index contributed by atoms with van der Waals surface area (Å²) in [6.45, 7) is 1.77. The number of hydrogen-bond acceptors (Lipinski definition) is 3. The molecule has 2 aromatic carbocycles. The molecule has 0 spiro atoms. The predicted octanol–water partition coefficient (Wildman–Crippen LogP) is 5.10. The third kappa shape index (κ3) is 3.75. The molecule has 4 nitrogen and oxygen atoms in total. The monoisotopic (exact) mass is 415 g/mol. The highest BCUT2D eigenvalue weighted by Gasteiger charge is 2.30. The second-order valence-electron chi connectivity index (χ2n) is 6.73. The van der Waals surface area contributed by atoms with Gasteiger partial charge in [0.1, 0.15) is 5.69 Å². The molecule has 2 heterocycles. The van der Waals surface area contributed by atoms with Crippen LogP contribution in [0.25, 0.3) is 15.8 Å². The fourth-order valence-electron chi connectivity index (χ4n) is 3.27. The number of primary amides is 1. The van der Waals surface area contributed by atoms with E-state index in [0.29, 0.717) is 23.4 Å². The predicted molar refractivity (Wildman–Crippen MR) is 106 cm³/mol. The van der Waals surface area contributed by atoms with E-state index >= 15 is 0 Å². The second kappa shape index (κ2) is 7.04. The molecule has 0 bridgehead atoms. The number of alkyl halides is 3. The van der Waals surface area contributed by atoms with Gasteiger partial charge in [0, 0.05) is 11.3 Å². The van der Waals surface area contributed by atoms with Crippen molar-refractivity contribution in [2.45, 2.75) is 19.5 Å². The van der Waals surface area contributed by atoms with Gasteiger partial charge < -0.3 is 5.73 Å². The van der Waals surface area contributed by atoms with Gasteiger partial charge in [0.05, 0.1) is 21.6 Å². The first-order valence-corrected chi connectivity index (χ1v) is 9.58. The van der Waals surface area contributed by atoms with Crippen molar-refractivity contribution in [1.29, 1.82) is 0 Å². The average molecular weight is 415 g/mol. The van der Waals surface area contributed by atoms with Crippen molar-refractivity contribution >= 4 is 27.3 Å². The van der Waals surface area contributed by atoms with Crippen LogP contribution < -0.4 is 5.73 Å². The van der Waals surface area contributed by atoms with Crippen molar-refractivity contribution in [3.8, 4) is 5.69 Å². The number of hydrogen-bond donors (Lipinski definition) is 1. The van der Waals surface area contributed by atoms with Crippen molar-refractivity contribution in [3.63, 3.8) is 0 Å². The van der Waals surface area contributed by atoms with E-state index in [1.54, 1.807) is 19.1 Å². The van der Waals surface area contributed by atoms with E-state index in [2.05, 4.69) is 5.10 Å². The van der Waals surface area contributed by atoms with Crippen LogP contribution in [-0.2, 0) is 12.6 Å². The number of amides is 1. The van der Waals surface area contributed by atoms with Crippen molar-refractivity contribution in [3.05, 3.63) is 82.0 Å². The van der Waals surface area contributed by atoms with Crippen LogP contribution in [0.2, 0.25) is 0 Å². The normalized spacial score (nSPS) is 11.9. The zero-order valence-electron chi connectivity index (χ0n) is 15.3. The maximum Gasteiger partial charge on any atom is 0.416 e. The van der Waals surface area contributed by atoms with Crippen LogP contribution in [0.15, 0.2) is 54.6 Å². The lowest BCUT2D eigenvalue weighted by molar-refractivity contribution is -0.137. The molecule has 0 aliphatic carbocycles. The van der Waals surface area contributed by atoms with Crippen LogP contribution in [0.3, 0.4) is 0 Å². The Balaban J connectivity index is 1.75. The number of aromatic nitrogens is 2. The highest BCUT2D eigenvalue weighted by atomic mass is 32.1. The van der Waals surface area contributed by atoms with E-state index in [0.717, 1.165) is 21.0 Å². The minimum Gasteiger partial charge on any atom is -0.364 e. The van der Waals surface area contributed by atoms with Gasteiger partial charge in [0.25, 0.3) is 5.91 Å². The van der Waals surface area contributed by atoms with Gasteiger partial charge in [-0.2, -0.15) is 18.3 Å². The lowest BCUT2D eigenvalue weighted by atomic mass is 10.1. The minimum absolute atomic E-state index is 0.280. The second-order valence-corrected chi connectivity index (χ2v) is 7.87. The maximum atomic E-state index is 13.0. The van der Waals surface area contributed by atoms with Crippen LogP contribution in [0.5, 0.6) is 0 Å². The van der Waals surface area contributed by atoms with E-state index in [1.165, 1.54) is 28.2 Å². The molecule has 1 amide bonds. The number of carbonyl (C=O) groups is 1. The molecule has 8 heteroatoms. The molecule has 2 N–H and O–H groups in total. The first-order valence-electron chi connectivity index (χ1n) is 8.77. The van der Waals surface area contributed by atoms with Crippen molar-refractivity contribution < 1.29 is 18.0 Å². The summed E-state index contributed by atoms with van der Waals surface area (Å²) >= 11 is 1.46. The summed E-state index contributed by atoms with van der Waals surface area (Å²) in [6.07, 6.45) is -3.99. The Kier molecular flexibility index (Phi) is 4.66. The lowest BCUT2D eigenvalue weighted by Crippen LogP contribution is -2.16. The number of thiophene rings is 1. The Bertz CT molecular complexity index is 1220. The van der Waals surface area contributed by atoms with Crippen LogP contribution in [0.1, 0.15) is 32.2 Å². The molecule has 0 aliphatic heterocycles. The zero-order valence-corrected chi connectivity index (χ0v) is 16.1. The molecule has 0 saturated carbocycles. The molecule has 0 aliphatic rings. The number of rotatable bonds is 4. The first-order chi connectivity index (χ1) is 13.7. The molecule has 0 unspecified atom stereocenters. The average Bonchev–Trinajstić information content (AvgIpc) is 3.24. The Labute approximate surface area is 168 Å². The van der Waals surface area contributed by atoms with E-state index in [-0.39, 0.29) is 5.69 Å². The van der Waals surface area contributed by atoms with Gasteiger partial charge in [-0.05, 0) is 42.1 Å². The number of aryl methyl sites for hydroxylation is 1. The fourth-order valence-corrected chi connectivity index (χ4v) is 4.46. The highest BCUT2D eigenvalue weighted by Crippen LogP contribution is 2.34. The molecular formula is C21H16F3N3OS. The Morgan fingerprint density at radius 2 is 1.90 bits per heavy atom. The standard InChI is InChI=1S/C21H16F3N3OS/c1-12-8-18(20(25)28)27(26-12)17-7-3-5-14-11-16(29-19(14)17)10-13-4-2-6-15(9-13)21(22,23)24/h2-9,11H,10H2,1H3,(H2,25,28). The fraction of sp³-hybridized carbons (Fsp3) is 0.143. The minimum atomic E-state index is -4.37. The SMILES string of the molecule is Cc1cc(C(N)=O)n(-c2cccc3cc(Cc4cccc(C(F)(F)F)c4)sc23)n1. The maximum absolute atomic E-state index is 13.0. The summed E-state index contributed by atoms with van der Waals surface area (Å²) < 4.78 is 41.3. The number of nitrogens with zero attached hydrogens (tertiary/aromatic N) is 2. The van der Waals surface area contributed by atoms with E-state index in [9.17, 15) is 18.0 Å². The number of benzene rings is 2. The molecule has 2 aromatic heterocycles. The van der Waals surface area contributed by atoms with Crippen LogP contribution in [0, 0.1) is 6.92 Å². The van der Waals surface area contributed by atoms with Gasteiger partial charge in [-0.25, -0.2) is 4.68 Å². The van der Waals surface area contributed by atoms with Crippen LogP contribution >= 0.6 is 11.3 Å². The summed E-state index contributed by atoms with van der Waals surface area (Å²) in [5.41, 5.74) is 7.06. The number of halogens is 3. The Hall–Kier alpha value is -3.13. The highest BCUT2D eigenvalue weighted by molar-refractivity contribution is 7.19. The summed E-state index contributed by atoms with van der Waals surface area (Å²) in [5, 5.41) is 5.31. The number of fused-ring (bicyclic) bond motifs is 1. The quantitative estimate of drug-likeness (QED) is 0.504. The number of nitrogens with two attached hydrogens (primary N) is 1. The van der Waals surface area contributed by atoms with Crippen molar-refractivity contribution in [2.75, 3.05) is 0 Å². The molecule has 0 radical (unpaired) electrons. The topological polar surface area (TPSA) is 60.9 Å². The van der Waals surface area contributed by atoms with Gasteiger partial charge in [-0.1, -0.05) is 30.3 Å². The third-order valence-corrected chi connectivity index (χ3v) is 5.69. The van der Waals surface area contributed by atoms with Crippen LogP contribution in [-0.4, -0.2) is 15.7 Å². The van der Waals surface area contributed by atoms with E-state index < -0.39 is 17.6 Å². The smallest absolute Gasteiger partial charge is 0.364 e. The Morgan fingerprint density at radius 1 is 1.14 bits per heavy atom. The van der Waals surface area contributed by atoms with Gasteiger partial charge in [-0.15, -0.1) is 11.3 Å². The van der Waals surface area contributed by atoms with Gasteiger partial charge >= 0.3 is 6.18 Å². The van der Waals surface area contributed by atoms with Crippen LogP contribution in [0.4, 0.5) is 13.2 Å². The molecule has 29 heavy (non-hydrogen) atoms. The molecule has 4 aromatic rings. The van der Waals surface area contributed by atoms with Gasteiger partial charge in [0.15, 0.2) is 0 Å². The summed E-state index contributed by atoms with van der Waals surface area (Å²) in [5.74, 6) is -0.580. The zero-order chi connectivity index (χ0) is 20.8. The number of carbonyl (C=O) groups excluding carboxylic acids is 1. The molecular weight excluding hydrogens is 399 g/mol. The third-order valence-electron chi connectivity index (χ3n) is 4.52. The van der Waals surface area contributed by atoms with Gasteiger partial charge in [0.2, 0.25) is 0 Å². The molecule has 148 valence electrons. The largest absolute Gasteiger partial charge is 0.416 e. The van der Waals surface area contributed by atoms with E-state index in [1.807, 2.05) is 24.3 Å². The molecule has 0 saturated heterocycles. The molecule has 0 fully saturated rings. The van der Waals surface area contributed by atoms with E-state index in [4.69, 9.17) is 5.73 Å². The Morgan fingerprint density at radius 3 is 2.62 bits per heavy atom. The lowest BCUT2D eigenvalue weighted by Gasteiger charge is -2.08. The summed E-state index contributed by atoms with van der Waals surface area (Å²) in [4.78, 5) is 12.7. The van der Waals surface area contributed by atoms with Crippen molar-refractivity contribution in [1.82, 2.24) is 9.78 Å². The summed E-state index contributed by atoms with van der Waals surface area (Å²) in [6, 6.07) is 14.5. The summed E-state index contributed by atoms with van der Waals surface area (Å²) in [7, 11) is 0. The molecule has 0 atom stereocenters. The van der Waals surface area contributed by atoms with Crippen molar-refractivity contribution in [2.24, 2.45) is 5.73 Å².